The molecule has 0 atom stereocenters. The van der Waals surface area contributed by atoms with E-state index in [-0.39, 0.29) is 0 Å². The second-order valence-corrected chi connectivity index (χ2v) is 16.5. The van der Waals surface area contributed by atoms with Gasteiger partial charge >= 0.3 is 0 Å². The maximum atomic E-state index is 5.25. The maximum absolute atomic E-state index is 5.25. The molecule has 4 heterocycles. The van der Waals surface area contributed by atoms with Crippen LogP contribution in [0.3, 0.4) is 0 Å². The van der Waals surface area contributed by atoms with Gasteiger partial charge in [0.25, 0.3) is 0 Å². The first-order chi connectivity index (χ1) is 28.2. The maximum Gasteiger partial charge on any atom is 0.164 e. The topological polar surface area (TPSA) is 43.6 Å². The van der Waals surface area contributed by atoms with Crippen molar-refractivity contribution in [3.8, 4) is 51.0 Å². The molecular formula is C51H30N4S2. The van der Waals surface area contributed by atoms with Crippen molar-refractivity contribution in [3.05, 3.63) is 182 Å². The van der Waals surface area contributed by atoms with E-state index in [2.05, 4.69) is 168 Å². The molecule has 8 aromatic carbocycles. The van der Waals surface area contributed by atoms with Crippen LogP contribution in [-0.2, 0) is 0 Å². The van der Waals surface area contributed by atoms with Gasteiger partial charge in [0.05, 0.1) is 11.0 Å². The zero-order valence-electron chi connectivity index (χ0n) is 30.4. The molecule has 0 radical (unpaired) electrons. The van der Waals surface area contributed by atoms with Gasteiger partial charge in [0.1, 0.15) is 0 Å². The first-order valence-electron chi connectivity index (χ1n) is 19.0. The highest BCUT2D eigenvalue weighted by atomic mass is 32.1. The number of hydrogen-bond donors (Lipinski definition) is 0. The Morgan fingerprint density at radius 3 is 1.72 bits per heavy atom. The van der Waals surface area contributed by atoms with E-state index in [1.165, 1.54) is 73.3 Å². The van der Waals surface area contributed by atoms with Crippen molar-refractivity contribution in [1.29, 1.82) is 0 Å². The Morgan fingerprint density at radius 2 is 0.895 bits per heavy atom. The van der Waals surface area contributed by atoms with E-state index in [0.717, 1.165) is 22.4 Å². The first kappa shape index (κ1) is 32.3. The predicted octanol–water partition coefficient (Wildman–Crippen LogP) is 14.4. The number of rotatable bonds is 5. The molecule has 0 amide bonds. The summed E-state index contributed by atoms with van der Waals surface area (Å²) in [4.78, 5) is 15.5. The normalized spacial score (nSPS) is 11.9. The molecule has 0 N–H and O–H groups in total. The van der Waals surface area contributed by atoms with Gasteiger partial charge < -0.3 is 4.57 Å². The largest absolute Gasteiger partial charge is 0.309 e. The Bertz CT molecular complexity index is 3530. The van der Waals surface area contributed by atoms with Gasteiger partial charge in [-0.2, -0.15) is 0 Å². The molecule has 0 aliphatic heterocycles. The Morgan fingerprint density at radius 1 is 0.333 bits per heavy atom. The lowest BCUT2D eigenvalue weighted by Crippen LogP contribution is -2.00. The molecule has 12 rings (SSSR count). The summed E-state index contributed by atoms with van der Waals surface area (Å²) in [7, 11) is 0. The zero-order chi connectivity index (χ0) is 37.5. The molecule has 0 unspecified atom stereocenters. The summed E-state index contributed by atoms with van der Waals surface area (Å²) in [5.74, 6) is 1.99. The van der Waals surface area contributed by atoms with Crippen LogP contribution in [-0.4, -0.2) is 19.5 Å². The summed E-state index contributed by atoms with van der Waals surface area (Å²) in [5.41, 5.74) is 8.91. The summed E-state index contributed by atoms with van der Waals surface area (Å²) >= 11 is 3.63. The van der Waals surface area contributed by atoms with Crippen LogP contribution < -0.4 is 0 Å². The molecule has 0 bridgehead atoms. The molecule has 57 heavy (non-hydrogen) atoms. The van der Waals surface area contributed by atoms with E-state index in [1.54, 1.807) is 11.3 Å². The molecule has 6 heteroatoms. The highest BCUT2D eigenvalue weighted by Gasteiger charge is 2.19. The Kier molecular flexibility index (Phi) is 7.24. The summed E-state index contributed by atoms with van der Waals surface area (Å²) in [5, 5.41) is 7.33. The fourth-order valence-electron chi connectivity index (χ4n) is 8.50. The molecule has 0 fully saturated rings. The van der Waals surface area contributed by atoms with Crippen LogP contribution in [0.25, 0.3) is 113 Å². The minimum Gasteiger partial charge on any atom is -0.309 e. The molecule has 0 saturated carbocycles. The SMILES string of the molecule is c1ccc(-c2nc(-c3ccc4sc5ccc(-c6cccc7c6c6ccccc6n7-c6ccccc6)cc5c4c3)nc(-c3cccc4sc5ccccc5c34)n2)cc1. The van der Waals surface area contributed by atoms with E-state index in [9.17, 15) is 0 Å². The first-order valence-corrected chi connectivity index (χ1v) is 20.7. The molecule has 266 valence electrons. The second-order valence-electron chi connectivity index (χ2n) is 14.4. The monoisotopic (exact) mass is 762 g/mol. The third kappa shape index (κ3) is 5.15. The fourth-order valence-corrected chi connectivity index (χ4v) is 10.7. The van der Waals surface area contributed by atoms with Crippen LogP contribution in [0.2, 0.25) is 0 Å². The summed E-state index contributed by atoms with van der Waals surface area (Å²) in [6, 6.07) is 64.9. The van der Waals surface area contributed by atoms with Crippen molar-refractivity contribution in [2.45, 2.75) is 0 Å². The van der Waals surface area contributed by atoms with Crippen LogP contribution in [0.5, 0.6) is 0 Å². The third-order valence-corrected chi connectivity index (χ3v) is 13.3. The quantitative estimate of drug-likeness (QED) is 0.175. The number of nitrogens with zero attached hydrogens (tertiary/aromatic N) is 4. The van der Waals surface area contributed by atoms with Crippen molar-refractivity contribution in [1.82, 2.24) is 19.5 Å². The van der Waals surface area contributed by atoms with Crippen LogP contribution in [0.4, 0.5) is 0 Å². The Hall–Kier alpha value is -6.99. The summed E-state index contributed by atoms with van der Waals surface area (Å²) in [6.07, 6.45) is 0. The summed E-state index contributed by atoms with van der Waals surface area (Å²) < 4.78 is 7.34. The van der Waals surface area contributed by atoms with E-state index in [4.69, 9.17) is 15.0 Å². The minimum absolute atomic E-state index is 0.659. The van der Waals surface area contributed by atoms with Crippen LogP contribution in [0, 0.1) is 0 Å². The lowest BCUT2D eigenvalue weighted by molar-refractivity contribution is 1.08. The van der Waals surface area contributed by atoms with Gasteiger partial charge in [0.2, 0.25) is 0 Å². The van der Waals surface area contributed by atoms with E-state index in [0.29, 0.717) is 17.5 Å². The van der Waals surface area contributed by atoms with Gasteiger partial charge in [-0.3, -0.25) is 0 Å². The Balaban J connectivity index is 1.05. The number of fused-ring (bicyclic) bond motifs is 9. The van der Waals surface area contributed by atoms with Crippen molar-refractivity contribution >= 4 is 84.8 Å². The van der Waals surface area contributed by atoms with E-state index in [1.807, 2.05) is 29.5 Å². The third-order valence-electron chi connectivity index (χ3n) is 11.1. The zero-order valence-corrected chi connectivity index (χ0v) is 32.1. The molecule has 12 aromatic rings. The highest BCUT2D eigenvalue weighted by Crippen LogP contribution is 2.43. The van der Waals surface area contributed by atoms with Crippen molar-refractivity contribution < 1.29 is 0 Å². The van der Waals surface area contributed by atoms with Crippen LogP contribution in [0.1, 0.15) is 0 Å². The smallest absolute Gasteiger partial charge is 0.164 e. The number of benzene rings is 8. The fraction of sp³-hybridized carbons (Fsp3) is 0. The van der Waals surface area contributed by atoms with Gasteiger partial charge in [0, 0.05) is 73.5 Å². The minimum atomic E-state index is 0.659. The van der Waals surface area contributed by atoms with E-state index >= 15 is 0 Å². The van der Waals surface area contributed by atoms with Crippen molar-refractivity contribution in [2.75, 3.05) is 0 Å². The molecule has 0 aliphatic rings. The highest BCUT2D eigenvalue weighted by molar-refractivity contribution is 7.26. The molecule has 4 aromatic heterocycles. The molecular weight excluding hydrogens is 733 g/mol. The van der Waals surface area contributed by atoms with Gasteiger partial charge in [-0.1, -0.05) is 115 Å². The molecule has 0 saturated heterocycles. The number of para-hydroxylation sites is 2. The van der Waals surface area contributed by atoms with Gasteiger partial charge in [-0.25, -0.2) is 15.0 Å². The number of hydrogen-bond acceptors (Lipinski definition) is 5. The van der Waals surface area contributed by atoms with Crippen molar-refractivity contribution in [2.24, 2.45) is 0 Å². The molecule has 0 aliphatic carbocycles. The molecule has 4 nitrogen and oxygen atoms in total. The lowest BCUT2D eigenvalue weighted by Gasteiger charge is -2.10. The van der Waals surface area contributed by atoms with Crippen LogP contribution in [0.15, 0.2) is 182 Å². The van der Waals surface area contributed by atoms with Gasteiger partial charge in [0.15, 0.2) is 17.5 Å². The van der Waals surface area contributed by atoms with Crippen molar-refractivity contribution in [3.63, 3.8) is 0 Å². The van der Waals surface area contributed by atoms with Gasteiger partial charge in [-0.15, -0.1) is 22.7 Å². The molecule has 0 spiro atoms. The Labute approximate surface area is 335 Å². The lowest BCUT2D eigenvalue weighted by atomic mass is 9.97. The number of thiophene rings is 2. The standard InChI is InChI=1S/C51H30N4S2/c1-3-13-31(14-4-1)49-52-50(54-51(53-49)38-20-12-24-46-48(38)37-18-8-10-23-43(37)57-46)33-26-28-45-40(30-33)39-29-32(25-27-44(39)56-45)35-19-11-22-42-47(35)36-17-7-9-21-41(36)55(42)34-15-5-2-6-16-34/h1-30H. The number of aromatic nitrogens is 4. The van der Waals surface area contributed by atoms with Gasteiger partial charge in [-0.05, 0) is 77.9 Å². The predicted molar refractivity (Wildman–Crippen MR) is 242 cm³/mol. The average molecular weight is 763 g/mol. The summed E-state index contributed by atoms with van der Waals surface area (Å²) in [6.45, 7) is 0. The average Bonchev–Trinajstić information content (AvgIpc) is 3.96. The van der Waals surface area contributed by atoms with E-state index < -0.39 is 0 Å². The van der Waals surface area contributed by atoms with Crippen LogP contribution >= 0.6 is 22.7 Å². The second kappa shape index (κ2) is 12.8.